The number of aromatic nitrogens is 1. The van der Waals surface area contributed by atoms with E-state index in [0.29, 0.717) is 5.88 Å². The lowest BCUT2D eigenvalue weighted by atomic mass is 10.0. The van der Waals surface area contributed by atoms with Crippen molar-refractivity contribution in [3.05, 3.63) is 40.4 Å². The highest BCUT2D eigenvalue weighted by atomic mass is 35.5. The van der Waals surface area contributed by atoms with Crippen molar-refractivity contribution >= 4 is 22.9 Å². The van der Waals surface area contributed by atoms with Crippen LogP contribution in [0.5, 0.6) is 0 Å². The molecule has 0 bridgehead atoms. The molecule has 1 aliphatic heterocycles. The van der Waals surface area contributed by atoms with Crippen LogP contribution in [0.15, 0.2) is 23.6 Å². The largest absolute Gasteiger partial charge is 0.299 e. The van der Waals surface area contributed by atoms with Crippen molar-refractivity contribution in [2.75, 3.05) is 13.1 Å². The number of benzene rings is 1. The van der Waals surface area contributed by atoms with E-state index in [1.54, 1.807) is 11.3 Å². The number of aryl methyl sites for hydroxylation is 1. The van der Waals surface area contributed by atoms with E-state index >= 15 is 0 Å². The number of alkyl halides is 1. The third kappa shape index (κ3) is 3.05. The molecule has 2 heterocycles. The van der Waals surface area contributed by atoms with Gasteiger partial charge in [-0.3, -0.25) is 4.90 Å². The van der Waals surface area contributed by atoms with Gasteiger partial charge in [-0.25, -0.2) is 4.98 Å². The summed E-state index contributed by atoms with van der Waals surface area (Å²) in [5, 5.41) is 3.10. The van der Waals surface area contributed by atoms with Gasteiger partial charge in [0.15, 0.2) is 0 Å². The zero-order valence-corrected chi connectivity index (χ0v) is 13.3. The number of hydrogen-bond donors (Lipinski definition) is 0. The number of nitrogens with zero attached hydrogens (tertiary/aromatic N) is 2. The number of hydrogen-bond acceptors (Lipinski definition) is 3. The quantitative estimate of drug-likeness (QED) is 0.776. The first-order chi connectivity index (χ1) is 9.76. The highest BCUT2D eigenvalue weighted by Crippen LogP contribution is 2.27. The third-order valence-corrected chi connectivity index (χ3v) is 5.08. The molecule has 2 aromatic rings. The average molecular weight is 307 g/mol. The number of halogens is 1. The van der Waals surface area contributed by atoms with Crippen molar-refractivity contribution in [3.63, 3.8) is 0 Å². The minimum atomic E-state index is 0.489. The third-order valence-electron chi connectivity index (χ3n) is 3.87. The van der Waals surface area contributed by atoms with Gasteiger partial charge >= 0.3 is 0 Å². The van der Waals surface area contributed by atoms with Gasteiger partial charge in [0.1, 0.15) is 5.01 Å². The predicted molar refractivity (Wildman–Crippen MR) is 86.4 cm³/mol. The van der Waals surface area contributed by atoms with Gasteiger partial charge in [-0.05, 0) is 50.0 Å². The molecule has 1 saturated heterocycles. The van der Waals surface area contributed by atoms with Crippen LogP contribution >= 0.6 is 22.9 Å². The summed E-state index contributed by atoms with van der Waals surface area (Å²) in [7, 11) is 0. The van der Waals surface area contributed by atoms with E-state index in [-0.39, 0.29) is 0 Å². The van der Waals surface area contributed by atoms with Crippen molar-refractivity contribution in [1.82, 2.24) is 9.88 Å². The molecule has 106 valence electrons. The van der Waals surface area contributed by atoms with E-state index in [4.69, 9.17) is 11.6 Å². The molecule has 0 saturated carbocycles. The van der Waals surface area contributed by atoms with Crippen LogP contribution in [-0.4, -0.2) is 23.0 Å². The van der Waals surface area contributed by atoms with Crippen LogP contribution < -0.4 is 0 Å². The summed E-state index contributed by atoms with van der Waals surface area (Å²) in [4.78, 5) is 7.09. The van der Waals surface area contributed by atoms with Crippen LogP contribution in [-0.2, 0) is 12.4 Å². The van der Waals surface area contributed by atoms with Crippen molar-refractivity contribution in [2.45, 2.75) is 32.2 Å². The molecule has 1 fully saturated rings. The number of likely N-dealkylation sites (tertiary alicyclic amines) is 1. The maximum atomic E-state index is 5.82. The van der Waals surface area contributed by atoms with Crippen molar-refractivity contribution < 1.29 is 0 Å². The normalized spacial score (nSPS) is 15.9. The molecule has 3 rings (SSSR count). The molecule has 20 heavy (non-hydrogen) atoms. The number of rotatable bonds is 4. The van der Waals surface area contributed by atoms with Gasteiger partial charge in [0, 0.05) is 17.5 Å². The van der Waals surface area contributed by atoms with Crippen LogP contribution in [0.3, 0.4) is 0 Å². The van der Waals surface area contributed by atoms with Crippen LogP contribution in [0.25, 0.3) is 10.6 Å². The molecule has 0 unspecified atom stereocenters. The Labute approximate surface area is 129 Å². The molecule has 0 N–H and O–H groups in total. The first kappa shape index (κ1) is 14.1. The summed E-state index contributed by atoms with van der Waals surface area (Å²) in [6, 6.07) is 6.70. The van der Waals surface area contributed by atoms with Gasteiger partial charge < -0.3 is 0 Å². The second kappa shape index (κ2) is 6.25. The Morgan fingerprint density at radius 2 is 2.10 bits per heavy atom. The van der Waals surface area contributed by atoms with Gasteiger partial charge in [-0.1, -0.05) is 12.1 Å². The lowest BCUT2D eigenvalue weighted by molar-refractivity contribution is 0.331. The molecule has 4 heteroatoms. The molecule has 1 aromatic heterocycles. The lowest BCUT2D eigenvalue weighted by Gasteiger charge is -2.16. The van der Waals surface area contributed by atoms with Crippen molar-refractivity contribution in [3.8, 4) is 10.6 Å². The number of thiazole rings is 1. The van der Waals surface area contributed by atoms with E-state index < -0.39 is 0 Å². The molecule has 0 atom stereocenters. The van der Waals surface area contributed by atoms with Crippen LogP contribution in [0.4, 0.5) is 0 Å². The van der Waals surface area contributed by atoms with E-state index in [2.05, 4.69) is 35.0 Å². The molecule has 0 radical (unpaired) electrons. The first-order valence-corrected chi connectivity index (χ1v) is 8.50. The summed E-state index contributed by atoms with van der Waals surface area (Å²) in [5.74, 6) is 0.489. The Bertz CT molecular complexity index is 588. The summed E-state index contributed by atoms with van der Waals surface area (Å²) < 4.78 is 0. The van der Waals surface area contributed by atoms with E-state index in [0.717, 1.165) is 17.2 Å². The van der Waals surface area contributed by atoms with Crippen molar-refractivity contribution in [1.29, 1.82) is 0 Å². The summed E-state index contributed by atoms with van der Waals surface area (Å²) in [6.45, 7) is 5.77. The molecule has 2 nitrogen and oxygen atoms in total. The average Bonchev–Trinajstić information content (AvgIpc) is 3.12. The molecule has 1 aliphatic rings. The van der Waals surface area contributed by atoms with Crippen molar-refractivity contribution in [2.24, 2.45) is 0 Å². The highest BCUT2D eigenvalue weighted by molar-refractivity contribution is 7.13. The lowest BCUT2D eigenvalue weighted by Crippen LogP contribution is -2.18. The zero-order chi connectivity index (χ0) is 13.9. The molecular weight excluding hydrogens is 288 g/mol. The second-order valence-corrected chi connectivity index (χ2v) is 6.53. The van der Waals surface area contributed by atoms with Crippen LogP contribution in [0.1, 0.15) is 29.7 Å². The maximum absolute atomic E-state index is 5.82. The van der Waals surface area contributed by atoms with E-state index in [9.17, 15) is 0 Å². The highest BCUT2D eigenvalue weighted by Gasteiger charge is 2.13. The standard InChI is InChI=1S/C16H19ClN2S/c1-12-8-13(16-18-15(9-17)11-20-16)4-5-14(12)10-19-6-2-3-7-19/h4-5,8,11H,2-3,6-7,9-10H2,1H3. The first-order valence-electron chi connectivity index (χ1n) is 7.09. The molecule has 0 aliphatic carbocycles. The fourth-order valence-corrected chi connectivity index (χ4v) is 3.73. The predicted octanol–water partition coefficient (Wildman–Crippen LogP) is 4.45. The minimum Gasteiger partial charge on any atom is -0.299 e. The van der Waals surface area contributed by atoms with E-state index in [1.165, 1.54) is 42.6 Å². The summed E-state index contributed by atoms with van der Waals surface area (Å²) >= 11 is 7.49. The topological polar surface area (TPSA) is 16.1 Å². The Kier molecular flexibility index (Phi) is 4.39. The van der Waals surface area contributed by atoms with Gasteiger partial charge in [0.05, 0.1) is 11.6 Å². The van der Waals surface area contributed by atoms with Crippen LogP contribution in [0.2, 0.25) is 0 Å². The monoisotopic (exact) mass is 306 g/mol. The minimum absolute atomic E-state index is 0.489. The molecular formula is C16H19ClN2S. The van der Waals surface area contributed by atoms with Gasteiger partial charge in [0.2, 0.25) is 0 Å². The second-order valence-electron chi connectivity index (χ2n) is 5.40. The SMILES string of the molecule is Cc1cc(-c2nc(CCl)cs2)ccc1CN1CCCC1. The fraction of sp³-hybridized carbons (Fsp3) is 0.438. The van der Waals surface area contributed by atoms with Gasteiger partial charge in [-0.2, -0.15) is 0 Å². The van der Waals surface area contributed by atoms with Gasteiger partial charge in [-0.15, -0.1) is 22.9 Å². The molecule has 1 aromatic carbocycles. The Balaban J connectivity index is 1.79. The zero-order valence-electron chi connectivity index (χ0n) is 11.7. The Hall–Kier alpha value is -0.900. The maximum Gasteiger partial charge on any atom is 0.123 e. The summed E-state index contributed by atoms with van der Waals surface area (Å²) in [6.07, 6.45) is 2.69. The Morgan fingerprint density at radius 3 is 2.75 bits per heavy atom. The molecule has 0 spiro atoms. The fourth-order valence-electron chi connectivity index (χ4n) is 2.69. The van der Waals surface area contributed by atoms with Gasteiger partial charge in [0.25, 0.3) is 0 Å². The van der Waals surface area contributed by atoms with Crippen LogP contribution in [0, 0.1) is 6.92 Å². The molecule has 0 amide bonds. The summed E-state index contributed by atoms with van der Waals surface area (Å²) in [5.41, 5.74) is 4.96. The Morgan fingerprint density at radius 1 is 1.30 bits per heavy atom. The van der Waals surface area contributed by atoms with E-state index in [1.807, 2.05) is 5.38 Å². The smallest absolute Gasteiger partial charge is 0.123 e.